The van der Waals surface area contributed by atoms with Gasteiger partial charge >= 0.3 is 5.97 Å². The molecule has 3 rings (SSSR count). The van der Waals surface area contributed by atoms with Crippen LogP contribution >= 0.6 is 0 Å². The zero-order chi connectivity index (χ0) is 21.8. The van der Waals surface area contributed by atoms with E-state index in [1.807, 2.05) is 22.9 Å². The van der Waals surface area contributed by atoms with Crippen LogP contribution in [-0.2, 0) is 11.3 Å². The van der Waals surface area contributed by atoms with Gasteiger partial charge in [-0.2, -0.15) is 0 Å². The lowest BCUT2D eigenvalue weighted by Crippen LogP contribution is -3.05. The van der Waals surface area contributed by atoms with Gasteiger partial charge in [-0.15, -0.1) is 5.10 Å². The van der Waals surface area contributed by atoms with Crippen molar-refractivity contribution in [1.82, 2.24) is 9.78 Å². The van der Waals surface area contributed by atoms with Crippen molar-refractivity contribution in [3.8, 4) is 5.88 Å². The Labute approximate surface area is 185 Å². The average molecular weight is 429 g/mol. The number of nitrogens with one attached hydrogen (secondary N) is 1. The van der Waals surface area contributed by atoms with E-state index in [1.165, 1.54) is 10.5 Å². The highest BCUT2D eigenvalue weighted by atomic mass is 16.5. The van der Waals surface area contributed by atoms with Crippen LogP contribution in [0.3, 0.4) is 0 Å². The number of rotatable bonds is 10. The summed E-state index contributed by atoms with van der Waals surface area (Å²) in [4.78, 5) is 11.1. The number of nitrogens with two attached hydrogens (primary N) is 1. The van der Waals surface area contributed by atoms with Crippen LogP contribution in [0.1, 0.15) is 24.8 Å². The summed E-state index contributed by atoms with van der Waals surface area (Å²) < 4.78 is 7.97. The summed E-state index contributed by atoms with van der Waals surface area (Å²) in [5.74, 6) is -0.0317. The summed E-state index contributed by atoms with van der Waals surface area (Å²) in [5, 5.41) is 13.8. The molecule has 0 spiro atoms. The Hall–Kier alpha value is -2.90. The van der Waals surface area contributed by atoms with Crippen molar-refractivity contribution in [1.29, 1.82) is 0 Å². The molecule has 0 radical (unpaired) electrons. The Morgan fingerprint density at radius 2 is 1.77 bits per heavy atom. The second-order valence-corrected chi connectivity index (χ2v) is 7.41. The maximum Gasteiger partial charge on any atom is 0.303 e. The lowest BCUT2D eigenvalue weighted by atomic mass is 10.2. The minimum atomic E-state index is -0.773. The molecule has 0 bridgehead atoms. The Balaban J connectivity index is 0.000000523. The van der Waals surface area contributed by atoms with Crippen LogP contribution in [0.2, 0.25) is 0 Å². The number of para-hydroxylation sites is 1. The number of quaternary nitrogens is 1. The molecule has 3 aromatic rings. The molecule has 0 fully saturated rings. The highest BCUT2D eigenvalue weighted by Gasteiger charge is 2.11. The van der Waals surface area contributed by atoms with Crippen molar-refractivity contribution >= 4 is 16.9 Å². The first-order valence-corrected chi connectivity index (χ1v) is 10.3. The van der Waals surface area contributed by atoms with Crippen LogP contribution in [0.4, 0.5) is 0 Å². The molecule has 4 N–H and O–H groups in total. The normalized spacial score (nSPS) is 10.3. The van der Waals surface area contributed by atoms with E-state index in [-0.39, 0.29) is 13.8 Å². The molecule has 0 unspecified atom stereocenters. The summed E-state index contributed by atoms with van der Waals surface area (Å²) in [6.07, 6.45) is 1.80. The molecule has 7 nitrogen and oxygen atoms in total. The van der Waals surface area contributed by atoms with E-state index >= 15 is 0 Å². The summed E-state index contributed by atoms with van der Waals surface area (Å²) in [6, 6.07) is 18.7. The zero-order valence-corrected chi connectivity index (χ0v) is 18.9. The first-order chi connectivity index (χ1) is 14.5. The number of nitrogens with zero attached hydrogens (tertiary/aromatic N) is 2. The van der Waals surface area contributed by atoms with E-state index in [2.05, 4.69) is 55.6 Å². The van der Waals surface area contributed by atoms with E-state index < -0.39 is 5.97 Å². The van der Waals surface area contributed by atoms with Crippen LogP contribution in [0.15, 0.2) is 54.6 Å². The lowest BCUT2D eigenvalue weighted by molar-refractivity contribution is -0.858. The van der Waals surface area contributed by atoms with E-state index in [1.54, 1.807) is 0 Å². The van der Waals surface area contributed by atoms with Crippen molar-refractivity contribution in [2.75, 3.05) is 33.8 Å². The van der Waals surface area contributed by atoms with Crippen LogP contribution in [0.25, 0.3) is 10.9 Å². The van der Waals surface area contributed by atoms with Gasteiger partial charge < -0.3 is 27.9 Å². The zero-order valence-electron chi connectivity index (χ0n) is 18.9. The number of carbonyl (C=O) groups is 1. The molecule has 0 aliphatic heterocycles. The predicted octanol–water partition coefficient (Wildman–Crippen LogP) is 2.26. The van der Waals surface area contributed by atoms with Gasteiger partial charge in [0.25, 0.3) is 0 Å². The third-order valence-corrected chi connectivity index (χ3v) is 4.45. The predicted molar refractivity (Wildman–Crippen MR) is 125 cm³/mol. The van der Waals surface area contributed by atoms with Gasteiger partial charge in [-0.1, -0.05) is 42.5 Å². The van der Waals surface area contributed by atoms with E-state index in [4.69, 9.17) is 15.6 Å². The molecule has 31 heavy (non-hydrogen) atoms. The fourth-order valence-electron chi connectivity index (χ4n) is 2.93. The van der Waals surface area contributed by atoms with Crippen LogP contribution in [0, 0.1) is 7.43 Å². The molecule has 7 heteroatoms. The maximum absolute atomic E-state index is 9.70. The molecular weight excluding hydrogens is 392 g/mol. The molecular formula is C24H36N4O3. The van der Waals surface area contributed by atoms with Gasteiger partial charge in [-0.3, -0.25) is 9.48 Å². The molecule has 1 heterocycles. The van der Waals surface area contributed by atoms with Gasteiger partial charge in [0.2, 0.25) is 5.88 Å². The highest BCUT2D eigenvalue weighted by Crippen LogP contribution is 2.25. The average Bonchev–Trinajstić information content (AvgIpc) is 3.08. The fourth-order valence-corrected chi connectivity index (χ4v) is 2.93. The Morgan fingerprint density at radius 3 is 2.39 bits per heavy atom. The maximum atomic E-state index is 9.70. The summed E-state index contributed by atoms with van der Waals surface area (Å²) in [5.41, 5.74) is 7.37. The number of hydrogen-bond acceptors (Lipinski definition) is 4. The topological polar surface area (TPSA) is 94.8 Å². The Morgan fingerprint density at radius 1 is 1.10 bits per heavy atom. The van der Waals surface area contributed by atoms with Gasteiger partial charge in [0.15, 0.2) is 0 Å². The summed E-state index contributed by atoms with van der Waals surface area (Å²) >= 11 is 0. The Bertz CT molecular complexity index is 894. The van der Waals surface area contributed by atoms with Crippen molar-refractivity contribution < 1.29 is 19.5 Å². The van der Waals surface area contributed by atoms with Gasteiger partial charge in [-0.05, 0) is 30.7 Å². The van der Waals surface area contributed by atoms with Crippen LogP contribution < -0.4 is 15.4 Å². The number of carboxylic acids is 1. The van der Waals surface area contributed by atoms with Gasteiger partial charge in [0.05, 0.1) is 44.7 Å². The minimum absolute atomic E-state index is 0. The third kappa shape index (κ3) is 9.19. The van der Waals surface area contributed by atoms with Crippen LogP contribution in [0.5, 0.6) is 5.88 Å². The molecule has 0 aliphatic rings. The quantitative estimate of drug-likeness (QED) is 0.340. The highest BCUT2D eigenvalue weighted by molar-refractivity contribution is 5.84. The summed E-state index contributed by atoms with van der Waals surface area (Å²) in [6.45, 7) is 3.03. The molecule has 0 atom stereocenters. The molecule has 0 amide bonds. The number of aromatic nitrogens is 2. The van der Waals surface area contributed by atoms with Crippen molar-refractivity contribution in [3.63, 3.8) is 0 Å². The van der Waals surface area contributed by atoms with Crippen LogP contribution in [-0.4, -0.2) is 54.6 Å². The van der Waals surface area contributed by atoms with Gasteiger partial charge in [0.1, 0.15) is 0 Å². The second-order valence-electron chi connectivity index (χ2n) is 7.41. The first kappa shape index (κ1) is 26.1. The standard InChI is InChI=1S/C19H23N3O.C4H9NO2.CH3/c1-21(2)13-8-14-23-19-17-11-6-7-12-18(17)22(20-19)15-16-9-4-3-5-10-16;5-3-1-2-4(6)7;/h3-7,9-12H,8,13-15H2,1-2H3;1-3,5H2,(H,6,7);1H3/q;;-1/p+1. The number of benzene rings is 2. The fraction of sp³-hybridized carbons (Fsp3) is 0.375. The third-order valence-electron chi connectivity index (χ3n) is 4.45. The molecule has 1 aromatic heterocycles. The van der Waals surface area contributed by atoms with Crippen molar-refractivity contribution in [2.45, 2.75) is 25.8 Å². The van der Waals surface area contributed by atoms with Gasteiger partial charge in [-0.25, -0.2) is 0 Å². The van der Waals surface area contributed by atoms with E-state index in [0.717, 1.165) is 36.3 Å². The number of carboxylic acid groups (broad SMARTS) is 1. The largest absolute Gasteiger partial charge is 0.481 e. The smallest absolute Gasteiger partial charge is 0.303 e. The minimum Gasteiger partial charge on any atom is -0.481 e. The first-order valence-electron chi connectivity index (χ1n) is 10.3. The molecule has 0 aliphatic carbocycles. The lowest BCUT2D eigenvalue weighted by Gasteiger charge is -2.07. The number of aliphatic carboxylic acids is 1. The molecule has 0 saturated heterocycles. The SMILES string of the molecule is C[NH+](C)CCCOc1nn(Cc2ccccc2)c2ccccc12.NCCCC(=O)O.[CH3-]. The monoisotopic (exact) mass is 428 g/mol. The van der Waals surface area contributed by atoms with Crippen molar-refractivity contribution in [3.05, 3.63) is 67.6 Å². The van der Waals surface area contributed by atoms with E-state index in [0.29, 0.717) is 19.6 Å². The molecule has 0 saturated carbocycles. The number of ether oxygens (including phenoxy) is 1. The van der Waals surface area contributed by atoms with Crippen molar-refractivity contribution in [2.24, 2.45) is 5.73 Å². The molecule has 2 aromatic carbocycles. The summed E-state index contributed by atoms with van der Waals surface area (Å²) in [7, 11) is 4.31. The second kappa shape index (κ2) is 14.2. The molecule has 170 valence electrons. The number of fused-ring (bicyclic) bond motifs is 1. The van der Waals surface area contributed by atoms with E-state index in [9.17, 15) is 4.79 Å². The van der Waals surface area contributed by atoms with Gasteiger partial charge in [0, 0.05) is 12.8 Å². The number of hydrogen-bond donors (Lipinski definition) is 3. The Kier molecular flexibility index (Phi) is 11.9.